The van der Waals surface area contributed by atoms with Crippen LogP contribution in [0.3, 0.4) is 0 Å². The number of hydrogen-bond donors (Lipinski definition) is 0. The van der Waals surface area contributed by atoms with Crippen molar-refractivity contribution in [2.75, 3.05) is 0 Å². The van der Waals surface area contributed by atoms with Crippen LogP contribution in [-0.4, -0.2) is 9.97 Å². The molecule has 0 fully saturated rings. The van der Waals surface area contributed by atoms with Gasteiger partial charge in [0.25, 0.3) is 0 Å². The lowest BCUT2D eigenvalue weighted by atomic mass is 9.66. The van der Waals surface area contributed by atoms with Crippen LogP contribution in [0.4, 0.5) is 0 Å². The molecule has 1 aliphatic rings. The minimum atomic E-state index is -0.584. The van der Waals surface area contributed by atoms with Crippen LogP contribution in [0.1, 0.15) is 39.1 Å². The third-order valence-corrected chi connectivity index (χ3v) is 12.7. The maximum absolute atomic E-state index is 5.41. The fourth-order valence-electron chi connectivity index (χ4n) is 10.0. The second-order valence-electron chi connectivity index (χ2n) is 16.1. The van der Waals surface area contributed by atoms with Crippen molar-refractivity contribution in [1.29, 1.82) is 0 Å². The van der Waals surface area contributed by atoms with Gasteiger partial charge in [0.15, 0.2) is 5.82 Å². The molecule has 0 atom stereocenters. The highest BCUT2D eigenvalue weighted by Crippen LogP contribution is 2.60. The molecule has 1 aliphatic carbocycles. The molecule has 62 heavy (non-hydrogen) atoms. The van der Waals surface area contributed by atoms with Gasteiger partial charge in [0, 0.05) is 16.7 Å². The summed E-state index contributed by atoms with van der Waals surface area (Å²) in [4.78, 5) is 10.7. The fraction of sp³-hybridized carbons (Fsp3) is 0.0333. The maximum Gasteiger partial charge on any atom is 0.161 e. The Hall–Kier alpha value is -7.94. The van der Waals surface area contributed by atoms with Gasteiger partial charge in [0.05, 0.1) is 16.8 Å². The number of hydrogen-bond acceptors (Lipinski definition) is 2. The van der Waals surface area contributed by atoms with Gasteiger partial charge in [-0.05, 0) is 96.2 Å². The van der Waals surface area contributed by atoms with E-state index in [1.165, 1.54) is 60.8 Å². The molecule has 10 aromatic rings. The minimum Gasteiger partial charge on any atom is -0.228 e. The van der Waals surface area contributed by atoms with Crippen LogP contribution in [0.2, 0.25) is 0 Å². The summed E-state index contributed by atoms with van der Waals surface area (Å²) < 4.78 is 0. The van der Waals surface area contributed by atoms with Gasteiger partial charge in [-0.2, -0.15) is 0 Å². The zero-order chi connectivity index (χ0) is 41.6. The Morgan fingerprint density at radius 2 is 1.10 bits per heavy atom. The molecule has 9 aromatic carbocycles. The van der Waals surface area contributed by atoms with Crippen molar-refractivity contribution in [3.8, 4) is 44.9 Å². The molecule has 1 aromatic heterocycles. The van der Waals surface area contributed by atoms with Crippen molar-refractivity contribution in [2.45, 2.75) is 12.3 Å². The van der Waals surface area contributed by atoms with Crippen molar-refractivity contribution in [3.63, 3.8) is 0 Å². The van der Waals surface area contributed by atoms with Crippen LogP contribution in [0.25, 0.3) is 72.0 Å². The van der Waals surface area contributed by atoms with Crippen LogP contribution in [0.5, 0.6) is 0 Å². The summed E-state index contributed by atoms with van der Waals surface area (Å²) in [5, 5.41) is 4.74. The zero-order valence-electron chi connectivity index (χ0n) is 34.5. The van der Waals surface area contributed by atoms with Crippen LogP contribution in [0, 0.1) is 6.92 Å². The Kier molecular flexibility index (Phi) is 9.13. The van der Waals surface area contributed by atoms with Crippen LogP contribution in [0.15, 0.2) is 231 Å². The molecule has 2 nitrogen and oxygen atoms in total. The number of allylic oxidation sites excluding steroid dienone is 2. The lowest BCUT2D eigenvalue weighted by Gasteiger charge is -2.35. The van der Waals surface area contributed by atoms with E-state index in [2.05, 4.69) is 226 Å². The number of rotatable bonds is 8. The molecule has 2 heteroatoms. The molecule has 0 saturated carbocycles. The van der Waals surface area contributed by atoms with Gasteiger partial charge >= 0.3 is 0 Å². The third kappa shape index (κ3) is 5.87. The van der Waals surface area contributed by atoms with E-state index in [0.717, 1.165) is 44.4 Å². The summed E-state index contributed by atoms with van der Waals surface area (Å²) in [5.41, 5.74) is 16.4. The molecule has 0 radical (unpaired) electrons. The van der Waals surface area contributed by atoms with Gasteiger partial charge in [0.1, 0.15) is 0 Å². The van der Waals surface area contributed by atoms with Crippen LogP contribution < -0.4 is 0 Å². The third-order valence-electron chi connectivity index (χ3n) is 12.7. The smallest absolute Gasteiger partial charge is 0.161 e. The molecule has 0 aliphatic heterocycles. The first-order valence-corrected chi connectivity index (χ1v) is 21.3. The van der Waals surface area contributed by atoms with E-state index in [0.29, 0.717) is 5.82 Å². The Morgan fingerprint density at radius 1 is 0.500 bits per heavy atom. The highest BCUT2D eigenvalue weighted by atomic mass is 14.9. The topological polar surface area (TPSA) is 25.8 Å². The lowest BCUT2D eigenvalue weighted by molar-refractivity contribution is 0.771. The van der Waals surface area contributed by atoms with E-state index in [-0.39, 0.29) is 0 Å². The van der Waals surface area contributed by atoms with Crippen molar-refractivity contribution in [2.24, 2.45) is 0 Å². The summed E-state index contributed by atoms with van der Waals surface area (Å²) in [6, 6.07) is 76.8. The summed E-state index contributed by atoms with van der Waals surface area (Å²) in [5.74, 6) is 0.674. The van der Waals surface area contributed by atoms with Gasteiger partial charge in [0.2, 0.25) is 0 Å². The number of benzene rings is 9. The average molecular weight is 791 g/mol. The van der Waals surface area contributed by atoms with Gasteiger partial charge in [-0.15, -0.1) is 0 Å². The quantitative estimate of drug-likeness (QED) is 0.143. The predicted octanol–water partition coefficient (Wildman–Crippen LogP) is 15.1. The molecule has 1 heterocycles. The first kappa shape index (κ1) is 37.1. The number of fused-ring (bicyclic) bond motifs is 6. The Balaban J connectivity index is 1.19. The Bertz CT molecular complexity index is 3320. The number of nitrogens with zero attached hydrogens (tertiary/aromatic N) is 2. The SMILES string of the molecule is C=C/C=C(/c1cc(-c2ccccc2)nc(-c2ccc(-c3cccc4c3C(c3ccccc3)(c3ccccc3)c3ccc5ccccc5c3-4)c3ccccc23)n1)c1ccccc1C. The first-order chi connectivity index (χ1) is 30.6. The van der Waals surface area contributed by atoms with Crippen LogP contribution in [-0.2, 0) is 5.41 Å². The van der Waals surface area contributed by atoms with Crippen molar-refractivity contribution in [3.05, 3.63) is 270 Å². The van der Waals surface area contributed by atoms with E-state index in [9.17, 15) is 0 Å². The summed E-state index contributed by atoms with van der Waals surface area (Å²) in [6.07, 6.45) is 3.91. The van der Waals surface area contributed by atoms with Gasteiger partial charge in [-0.1, -0.05) is 219 Å². The molecule has 0 bridgehead atoms. The molecule has 0 N–H and O–H groups in total. The second kappa shape index (κ2) is 15.3. The molecular weight excluding hydrogens is 749 g/mol. The van der Waals surface area contributed by atoms with Gasteiger partial charge in [-0.3, -0.25) is 0 Å². The van der Waals surface area contributed by atoms with Gasteiger partial charge < -0.3 is 0 Å². The molecule has 0 unspecified atom stereocenters. The standard InChI is InChI=1S/C60H42N2/c1-3-20-50(45-29-15-13-21-40(45)2)56-39-55(42-23-7-4-8-24-42)61-59(62-56)52-37-36-49(47-31-17-18-32-48(47)52)51-33-19-34-53-57-46-30-16-14-22-41(46)35-38-54(57)60(58(51)53,43-25-9-5-10-26-43)44-27-11-6-12-28-44/h3-39H,1H2,2H3/b50-20+. The first-order valence-electron chi connectivity index (χ1n) is 21.3. The minimum absolute atomic E-state index is 0.584. The second-order valence-corrected chi connectivity index (χ2v) is 16.1. The van der Waals surface area contributed by atoms with Crippen molar-refractivity contribution < 1.29 is 0 Å². The van der Waals surface area contributed by atoms with E-state index < -0.39 is 5.41 Å². The normalized spacial score (nSPS) is 12.9. The van der Waals surface area contributed by atoms with Crippen LogP contribution >= 0.6 is 0 Å². The van der Waals surface area contributed by atoms with Crippen molar-refractivity contribution >= 4 is 27.1 Å². The predicted molar refractivity (Wildman–Crippen MR) is 259 cm³/mol. The summed E-state index contributed by atoms with van der Waals surface area (Å²) >= 11 is 0. The highest BCUT2D eigenvalue weighted by molar-refractivity contribution is 6.09. The Morgan fingerprint density at radius 3 is 1.81 bits per heavy atom. The maximum atomic E-state index is 5.41. The highest BCUT2D eigenvalue weighted by Gasteiger charge is 2.48. The fourth-order valence-corrected chi connectivity index (χ4v) is 10.0. The lowest BCUT2D eigenvalue weighted by Crippen LogP contribution is -2.29. The molecule has 292 valence electrons. The molecule has 0 spiro atoms. The monoisotopic (exact) mass is 790 g/mol. The molecular formula is C60H42N2. The molecule has 0 amide bonds. The summed E-state index contributed by atoms with van der Waals surface area (Å²) in [7, 11) is 0. The van der Waals surface area contributed by atoms with E-state index in [1.807, 2.05) is 12.1 Å². The van der Waals surface area contributed by atoms with Gasteiger partial charge in [-0.25, -0.2) is 9.97 Å². The Labute approximate surface area is 362 Å². The zero-order valence-corrected chi connectivity index (χ0v) is 34.5. The molecule has 0 saturated heterocycles. The van der Waals surface area contributed by atoms with E-state index in [4.69, 9.17) is 9.97 Å². The van der Waals surface area contributed by atoms with E-state index in [1.54, 1.807) is 0 Å². The summed E-state index contributed by atoms with van der Waals surface area (Å²) in [6.45, 7) is 6.25. The number of aromatic nitrogens is 2. The molecule has 11 rings (SSSR count). The number of aryl methyl sites for hydroxylation is 1. The largest absolute Gasteiger partial charge is 0.228 e. The van der Waals surface area contributed by atoms with E-state index >= 15 is 0 Å². The average Bonchev–Trinajstić information content (AvgIpc) is 3.66. The van der Waals surface area contributed by atoms with Crippen molar-refractivity contribution in [1.82, 2.24) is 9.97 Å².